The Morgan fingerprint density at radius 3 is 2.71 bits per heavy atom. The highest BCUT2D eigenvalue weighted by molar-refractivity contribution is 7.12. The zero-order valence-corrected chi connectivity index (χ0v) is 16.1. The van der Waals surface area contributed by atoms with Crippen molar-refractivity contribution in [3.63, 3.8) is 0 Å². The third-order valence-corrected chi connectivity index (χ3v) is 6.14. The van der Waals surface area contributed by atoms with Crippen molar-refractivity contribution in [1.29, 1.82) is 0 Å². The first kappa shape index (κ1) is 17.7. The molecule has 1 saturated heterocycles. The predicted octanol–water partition coefficient (Wildman–Crippen LogP) is 3.44. The summed E-state index contributed by atoms with van der Waals surface area (Å²) in [5.74, 6) is 0.0347. The molecule has 0 radical (unpaired) electrons. The maximum atomic E-state index is 12.6. The van der Waals surface area contributed by atoms with Gasteiger partial charge >= 0.3 is 0 Å². The van der Waals surface area contributed by atoms with E-state index in [9.17, 15) is 4.79 Å². The number of rotatable bonds is 3. The van der Waals surface area contributed by atoms with Gasteiger partial charge in [-0.15, -0.1) is 11.3 Å². The minimum atomic E-state index is 0.0347. The van der Waals surface area contributed by atoms with Crippen molar-refractivity contribution in [2.75, 3.05) is 26.2 Å². The number of thiophene rings is 1. The van der Waals surface area contributed by atoms with Gasteiger partial charge in [0.1, 0.15) is 10.0 Å². The number of halogens is 2. The molecule has 8 heteroatoms. The van der Waals surface area contributed by atoms with Gasteiger partial charge < -0.3 is 4.90 Å². The Labute approximate surface area is 155 Å². The Kier molecular flexibility index (Phi) is 5.49. The van der Waals surface area contributed by atoms with Gasteiger partial charge in [-0.3, -0.25) is 14.4 Å². The first-order valence-corrected chi connectivity index (χ1v) is 9.53. The van der Waals surface area contributed by atoms with Crippen molar-refractivity contribution in [1.82, 2.24) is 19.6 Å². The Morgan fingerprint density at radius 1 is 1.29 bits per heavy atom. The molecule has 0 bridgehead atoms. The second-order valence-corrected chi connectivity index (χ2v) is 7.68. The van der Waals surface area contributed by atoms with Gasteiger partial charge in [0.25, 0.3) is 5.91 Å². The molecule has 5 nitrogen and oxygen atoms in total. The summed E-state index contributed by atoms with van der Waals surface area (Å²) >= 11 is 13.8. The topological polar surface area (TPSA) is 41.4 Å². The van der Waals surface area contributed by atoms with Crippen molar-refractivity contribution < 1.29 is 4.79 Å². The average molecular weight is 387 g/mol. The molecule has 0 unspecified atom stereocenters. The standard InChI is InChI=1S/C16H20Cl2N4OS/c1-11-12(15(18)20(2)19-11)10-21-5-3-6-22(8-7-21)16(23)14-13(17)4-9-24-14/h4,9H,3,5-8,10H2,1-2H3. The summed E-state index contributed by atoms with van der Waals surface area (Å²) in [6.45, 7) is 5.95. The minimum absolute atomic E-state index is 0.0347. The molecule has 0 atom stereocenters. The van der Waals surface area contributed by atoms with Gasteiger partial charge in [0, 0.05) is 45.3 Å². The second-order valence-electron chi connectivity index (χ2n) is 6.00. The number of amides is 1. The molecule has 2 aromatic rings. The quantitative estimate of drug-likeness (QED) is 0.810. The van der Waals surface area contributed by atoms with Crippen LogP contribution in [0.4, 0.5) is 0 Å². The van der Waals surface area contributed by atoms with Crippen molar-refractivity contribution in [2.45, 2.75) is 19.9 Å². The van der Waals surface area contributed by atoms with Crippen LogP contribution in [-0.4, -0.2) is 51.7 Å². The van der Waals surface area contributed by atoms with Crippen LogP contribution in [0.15, 0.2) is 11.4 Å². The lowest BCUT2D eigenvalue weighted by Gasteiger charge is -2.21. The number of aryl methyl sites for hydroxylation is 2. The van der Waals surface area contributed by atoms with E-state index in [1.54, 1.807) is 10.7 Å². The number of aromatic nitrogens is 2. The van der Waals surface area contributed by atoms with Gasteiger partial charge in [-0.25, -0.2) is 0 Å². The summed E-state index contributed by atoms with van der Waals surface area (Å²) < 4.78 is 1.71. The monoisotopic (exact) mass is 386 g/mol. The van der Waals surface area contributed by atoms with Crippen molar-refractivity contribution in [3.05, 3.63) is 37.8 Å². The molecule has 24 heavy (non-hydrogen) atoms. The van der Waals surface area contributed by atoms with Gasteiger partial charge in [-0.05, 0) is 24.8 Å². The van der Waals surface area contributed by atoms with Crippen LogP contribution in [0.1, 0.15) is 27.3 Å². The van der Waals surface area contributed by atoms with E-state index in [0.29, 0.717) is 21.6 Å². The number of hydrogen-bond donors (Lipinski definition) is 0. The average Bonchev–Trinajstić information content (AvgIpc) is 2.96. The summed E-state index contributed by atoms with van der Waals surface area (Å²) in [7, 11) is 1.85. The number of hydrogen-bond acceptors (Lipinski definition) is 4. The second kappa shape index (κ2) is 7.44. The fourth-order valence-electron chi connectivity index (χ4n) is 3.00. The lowest BCUT2D eigenvalue weighted by Crippen LogP contribution is -2.34. The first-order chi connectivity index (χ1) is 11.5. The van der Waals surface area contributed by atoms with Gasteiger partial charge in [-0.2, -0.15) is 5.10 Å². The van der Waals surface area contributed by atoms with Crippen LogP contribution in [0.5, 0.6) is 0 Å². The molecule has 130 valence electrons. The van der Waals surface area contributed by atoms with Gasteiger partial charge in [-0.1, -0.05) is 23.2 Å². The maximum Gasteiger partial charge on any atom is 0.265 e. The van der Waals surface area contributed by atoms with Crippen molar-refractivity contribution >= 4 is 40.4 Å². The van der Waals surface area contributed by atoms with Crippen LogP contribution >= 0.6 is 34.5 Å². The molecular weight excluding hydrogens is 367 g/mol. The van der Waals surface area contributed by atoms with Crippen molar-refractivity contribution in [3.8, 4) is 0 Å². The van der Waals surface area contributed by atoms with Crippen LogP contribution < -0.4 is 0 Å². The van der Waals surface area contributed by atoms with E-state index in [0.717, 1.165) is 43.9 Å². The van der Waals surface area contributed by atoms with E-state index < -0.39 is 0 Å². The summed E-state index contributed by atoms with van der Waals surface area (Å²) in [5.41, 5.74) is 2.03. The lowest BCUT2D eigenvalue weighted by molar-refractivity contribution is 0.0766. The molecule has 2 aromatic heterocycles. The highest BCUT2D eigenvalue weighted by Crippen LogP contribution is 2.25. The SMILES string of the molecule is Cc1nn(C)c(Cl)c1CN1CCCN(C(=O)c2sccc2Cl)CC1. The molecule has 3 rings (SSSR count). The Balaban J connectivity index is 1.65. The van der Waals surface area contributed by atoms with Crippen LogP contribution in [-0.2, 0) is 13.6 Å². The van der Waals surface area contributed by atoms with Crippen molar-refractivity contribution in [2.24, 2.45) is 7.05 Å². The van der Waals surface area contributed by atoms with Gasteiger partial charge in [0.15, 0.2) is 0 Å². The summed E-state index contributed by atoms with van der Waals surface area (Å²) in [6.07, 6.45) is 0.936. The Hall–Kier alpha value is -1.08. The molecule has 0 N–H and O–H groups in total. The highest BCUT2D eigenvalue weighted by atomic mass is 35.5. The molecule has 1 amide bonds. The molecule has 1 aliphatic heterocycles. The largest absolute Gasteiger partial charge is 0.337 e. The third-order valence-electron chi connectivity index (χ3n) is 4.34. The normalized spacial score (nSPS) is 16.4. The van der Waals surface area contributed by atoms with E-state index in [1.165, 1.54) is 11.3 Å². The third kappa shape index (κ3) is 3.61. The first-order valence-electron chi connectivity index (χ1n) is 7.90. The fraction of sp³-hybridized carbons (Fsp3) is 0.500. The predicted molar refractivity (Wildman–Crippen MR) is 98.1 cm³/mol. The van der Waals surface area contributed by atoms with E-state index in [4.69, 9.17) is 23.2 Å². The minimum Gasteiger partial charge on any atom is -0.337 e. The Bertz CT molecular complexity index is 743. The van der Waals surface area contributed by atoms with E-state index in [1.807, 2.05) is 24.3 Å². The fourth-order valence-corrected chi connectivity index (χ4v) is 4.34. The molecule has 3 heterocycles. The van der Waals surface area contributed by atoms with Crippen LogP contribution in [0.25, 0.3) is 0 Å². The van der Waals surface area contributed by atoms with E-state index in [2.05, 4.69) is 10.00 Å². The lowest BCUT2D eigenvalue weighted by atomic mass is 10.2. The summed E-state index contributed by atoms with van der Waals surface area (Å²) in [6, 6.07) is 1.77. The summed E-state index contributed by atoms with van der Waals surface area (Å²) in [4.78, 5) is 17.5. The molecule has 0 spiro atoms. The molecule has 0 aliphatic carbocycles. The number of carbonyl (C=O) groups excluding carboxylic acids is 1. The molecule has 0 aromatic carbocycles. The van der Waals surface area contributed by atoms with E-state index >= 15 is 0 Å². The zero-order chi connectivity index (χ0) is 17.3. The smallest absolute Gasteiger partial charge is 0.265 e. The zero-order valence-electron chi connectivity index (χ0n) is 13.8. The summed E-state index contributed by atoms with van der Waals surface area (Å²) in [5, 5.41) is 7.46. The number of carbonyl (C=O) groups is 1. The number of nitrogens with zero attached hydrogens (tertiary/aromatic N) is 4. The molecule has 0 saturated carbocycles. The van der Waals surface area contributed by atoms with Crippen LogP contribution in [0, 0.1) is 6.92 Å². The molecule has 1 fully saturated rings. The van der Waals surface area contributed by atoms with Crippen LogP contribution in [0.3, 0.4) is 0 Å². The van der Waals surface area contributed by atoms with Crippen LogP contribution in [0.2, 0.25) is 10.2 Å². The Morgan fingerprint density at radius 2 is 2.08 bits per heavy atom. The molecular formula is C16H20Cl2N4OS. The van der Waals surface area contributed by atoms with Gasteiger partial charge in [0.05, 0.1) is 10.7 Å². The molecule has 1 aliphatic rings. The highest BCUT2D eigenvalue weighted by Gasteiger charge is 2.24. The van der Waals surface area contributed by atoms with Gasteiger partial charge in [0.2, 0.25) is 0 Å². The maximum absolute atomic E-state index is 12.6. The van der Waals surface area contributed by atoms with E-state index in [-0.39, 0.29) is 5.91 Å².